The number of benzene rings is 2. The second-order valence-corrected chi connectivity index (χ2v) is 7.93. The van der Waals surface area contributed by atoms with Gasteiger partial charge >= 0.3 is 0 Å². The lowest BCUT2D eigenvalue weighted by molar-refractivity contribution is -0.837. The molecule has 32 heavy (non-hydrogen) atoms. The monoisotopic (exact) mass is 451 g/mol. The second kappa shape index (κ2) is 9.14. The fraction of sp³-hybridized carbons (Fsp3) is 0.292. The van der Waals surface area contributed by atoms with E-state index >= 15 is 0 Å². The normalized spacial score (nSPS) is 14.5. The summed E-state index contributed by atoms with van der Waals surface area (Å²) in [6.45, 7) is 7.15. The van der Waals surface area contributed by atoms with Crippen molar-refractivity contribution in [3.8, 4) is 0 Å². The van der Waals surface area contributed by atoms with Crippen molar-refractivity contribution in [3.63, 3.8) is 0 Å². The smallest absolute Gasteiger partial charge is 0.219 e. The summed E-state index contributed by atoms with van der Waals surface area (Å²) in [4.78, 5) is 24.3. The predicted octanol–water partition coefficient (Wildman–Crippen LogP) is 0.0645. The van der Waals surface area contributed by atoms with Gasteiger partial charge < -0.3 is 27.0 Å². The van der Waals surface area contributed by atoms with Crippen molar-refractivity contribution in [2.24, 2.45) is 0 Å². The van der Waals surface area contributed by atoms with Crippen LogP contribution in [0, 0.1) is 0 Å². The summed E-state index contributed by atoms with van der Waals surface area (Å²) >= 11 is 0. The Balaban J connectivity index is 0.00000245. The van der Waals surface area contributed by atoms with Gasteiger partial charge in [0.1, 0.15) is 22.6 Å². The maximum Gasteiger partial charge on any atom is 0.219 e. The molecule has 0 unspecified atom stereocenters. The van der Waals surface area contributed by atoms with Crippen molar-refractivity contribution < 1.29 is 26.5 Å². The number of piperazine rings is 1. The summed E-state index contributed by atoms with van der Waals surface area (Å²) in [6, 6.07) is 16.4. The van der Waals surface area contributed by atoms with Gasteiger partial charge in [-0.15, -0.1) is 0 Å². The summed E-state index contributed by atoms with van der Waals surface area (Å²) in [5, 5.41) is 4.43. The molecular formula is C24H26ClN5O2. The molecule has 1 aliphatic rings. The molecule has 1 fully saturated rings. The molecule has 1 saturated heterocycles. The van der Waals surface area contributed by atoms with Crippen LogP contribution in [0.2, 0.25) is 0 Å². The van der Waals surface area contributed by atoms with Gasteiger partial charge in [0.15, 0.2) is 11.4 Å². The standard InChI is InChI=1S/C24H25N5O2.ClH/c1-3-21-26-22-19-6-4-5-7-20(19)31-23(22)24(27-21)25-17-8-10-18(11-9-17)29-14-12-28(13-15-29)16(2)30;/h4-11H,3,12-15H2,1-2H3,(H,25,26,27);1H. The maximum atomic E-state index is 11.5. The Morgan fingerprint density at radius 1 is 1.09 bits per heavy atom. The van der Waals surface area contributed by atoms with Gasteiger partial charge in [0, 0.05) is 36.6 Å². The largest absolute Gasteiger partial charge is 1.00 e. The molecule has 0 bridgehead atoms. The number of anilines is 2. The number of hydrogen-bond donors (Lipinski definition) is 2. The van der Waals surface area contributed by atoms with Crippen LogP contribution in [0.4, 0.5) is 17.2 Å². The number of carbonyl (C=O) groups is 1. The van der Waals surface area contributed by atoms with E-state index in [1.54, 1.807) is 6.92 Å². The first kappa shape index (κ1) is 22.0. The summed E-state index contributed by atoms with van der Waals surface area (Å²) in [5.41, 5.74) is 4.52. The first-order chi connectivity index (χ1) is 15.1. The van der Waals surface area contributed by atoms with Crippen LogP contribution >= 0.6 is 0 Å². The number of halogens is 1. The van der Waals surface area contributed by atoms with Gasteiger partial charge in [-0.05, 0) is 24.3 Å². The van der Waals surface area contributed by atoms with Crippen LogP contribution in [0.3, 0.4) is 0 Å². The molecule has 166 valence electrons. The van der Waals surface area contributed by atoms with Gasteiger partial charge in [-0.25, -0.2) is 9.97 Å². The number of para-hydroxylation sites is 1. The molecule has 3 heterocycles. The third-order valence-electron chi connectivity index (χ3n) is 5.95. The Kier molecular flexibility index (Phi) is 6.30. The highest BCUT2D eigenvalue weighted by Gasteiger charge is 2.23. The molecule has 5 rings (SSSR count). The Labute approximate surface area is 192 Å². The Morgan fingerprint density at radius 3 is 2.50 bits per heavy atom. The molecule has 2 aromatic heterocycles. The minimum atomic E-state index is 0. The molecule has 0 atom stereocenters. The van der Waals surface area contributed by atoms with Gasteiger partial charge in [-0.1, -0.05) is 19.1 Å². The first-order valence-corrected chi connectivity index (χ1v) is 10.8. The van der Waals surface area contributed by atoms with Crippen LogP contribution in [0.25, 0.3) is 22.1 Å². The molecule has 0 radical (unpaired) electrons. The number of furan rings is 1. The van der Waals surface area contributed by atoms with Crippen molar-refractivity contribution in [2.75, 3.05) is 31.5 Å². The molecule has 2 aromatic carbocycles. The molecule has 1 amide bonds. The third kappa shape index (κ3) is 4.13. The van der Waals surface area contributed by atoms with Crippen molar-refractivity contribution in [2.45, 2.75) is 20.3 Å². The molecule has 4 aromatic rings. The van der Waals surface area contributed by atoms with Gasteiger partial charge in [-0.3, -0.25) is 9.69 Å². The van der Waals surface area contributed by atoms with Crippen LogP contribution in [0.15, 0.2) is 52.9 Å². The SMILES string of the molecule is CCc1nc(Nc2ccc([NH+]3CCN(C(C)=O)CC3)cc2)c2oc3ccccc3c2n1.[Cl-]. The number of rotatable bonds is 4. The molecule has 7 nitrogen and oxygen atoms in total. The molecule has 0 aliphatic carbocycles. The van der Waals surface area contributed by atoms with Crippen LogP contribution in [-0.2, 0) is 11.2 Å². The number of aromatic nitrogens is 2. The van der Waals surface area contributed by atoms with E-state index in [0.29, 0.717) is 11.4 Å². The van der Waals surface area contributed by atoms with Gasteiger partial charge in [0.2, 0.25) is 5.91 Å². The highest BCUT2D eigenvalue weighted by Crippen LogP contribution is 2.32. The number of fused-ring (bicyclic) bond motifs is 3. The number of amides is 1. The quantitative estimate of drug-likeness (QED) is 0.459. The van der Waals surface area contributed by atoms with Crippen molar-refractivity contribution in [3.05, 3.63) is 54.4 Å². The van der Waals surface area contributed by atoms with E-state index < -0.39 is 0 Å². The van der Waals surface area contributed by atoms with Gasteiger partial charge in [-0.2, -0.15) is 0 Å². The zero-order chi connectivity index (χ0) is 21.4. The second-order valence-electron chi connectivity index (χ2n) is 7.93. The molecular weight excluding hydrogens is 426 g/mol. The third-order valence-corrected chi connectivity index (χ3v) is 5.95. The van der Waals surface area contributed by atoms with E-state index in [-0.39, 0.29) is 18.3 Å². The highest BCUT2D eigenvalue weighted by molar-refractivity contribution is 6.06. The summed E-state index contributed by atoms with van der Waals surface area (Å²) in [5.74, 6) is 1.63. The van der Waals surface area contributed by atoms with E-state index in [4.69, 9.17) is 9.40 Å². The number of nitrogens with zero attached hydrogens (tertiary/aromatic N) is 3. The number of aryl methyl sites for hydroxylation is 1. The Bertz CT molecular complexity index is 1250. The number of nitrogens with one attached hydrogen (secondary N) is 2. The molecule has 1 aliphatic heterocycles. The fourth-order valence-electron chi connectivity index (χ4n) is 4.19. The van der Waals surface area contributed by atoms with E-state index in [2.05, 4.69) is 41.5 Å². The molecule has 8 heteroatoms. The lowest BCUT2D eigenvalue weighted by Crippen LogP contribution is -3.10. The number of hydrogen-bond acceptors (Lipinski definition) is 5. The maximum absolute atomic E-state index is 11.5. The van der Waals surface area contributed by atoms with Crippen LogP contribution in [0.1, 0.15) is 19.7 Å². The lowest BCUT2D eigenvalue weighted by Gasteiger charge is -2.31. The predicted molar refractivity (Wildman–Crippen MR) is 121 cm³/mol. The summed E-state index contributed by atoms with van der Waals surface area (Å²) in [6.07, 6.45) is 0.749. The van der Waals surface area contributed by atoms with Crippen LogP contribution < -0.4 is 22.6 Å². The minimum absolute atomic E-state index is 0. The van der Waals surface area contributed by atoms with E-state index in [9.17, 15) is 4.79 Å². The molecule has 2 N–H and O–H groups in total. The minimum Gasteiger partial charge on any atom is -1.00 e. The van der Waals surface area contributed by atoms with E-state index in [0.717, 1.165) is 60.6 Å². The zero-order valence-electron chi connectivity index (χ0n) is 18.2. The van der Waals surface area contributed by atoms with Crippen LogP contribution in [-0.4, -0.2) is 47.0 Å². The molecule has 0 saturated carbocycles. The lowest BCUT2D eigenvalue weighted by atomic mass is 10.2. The average molecular weight is 452 g/mol. The summed E-state index contributed by atoms with van der Waals surface area (Å²) < 4.78 is 6.08. The average Bonchev–Trinajstić information content (AvgIpc) is 3.18. The van der Waals surface area contributed by atoms with E-state index in [1.807, 2.05) is 29.2 Å². The zero-order valence-corrected chi connectivity index (χ0v) is 18.9. The van der Waals surface area contributed by atoms with Crippen molar-refractivity contribution in [1.82, 2.24) is 14.9 Å². The van der Waals surface area contributed by atoms with E-state index in [1.165, 1.54) is 10.6 Å². The Hall–Kier alpha value is -3.16. The van der Waals surface area contributed by atoms with Gasteiger partial charge in [0.05, 0.1) is 26.2 Å². The molecule has 0 spiro atoms. The fourth-order valence-corrected chi connectivity index (χ4v) is 4.19. The van der Waals surface area contributed by atoms with Crippen LogP contribution in [0.5, 0.6) is 0 Å². The van der Waals surface area contributed by atoms with Gasteiger partial charge in [0.25, 0.3) is 0 Å². The first-order valence-electron chi connectivity index (χ1n) is 10.8. The number of quaternary nitrogens is 1. The topological polar surface area (TPSA) is 75.7 Å². The Morgan fingerprint density at radius 2 is 1.81 bits per heavy atom. The number of carbonyl (C=O) groups excluding carboxylic acids is 1. The summed E-state index contributed by atoms with van der Waals surface area (Å²) in [7, 11) is 0. The van der Waals surface area contributed by atoms with Crippen molar-refractivity contribution in [1.29, 1.82) is 0 Å². The van der Waals surface area contributed by atoms with Crippen molar-refractivity contribution >= 4 is 45.2 Å². The highest BCUT2D eigenvalue weighted by atomic mass is 35.5.